The van der Waals surface area contributed by atoms with Gasteiger partial charge in [-0.3, -0.25) is 0 Å². The first-order valence-corrected chi connectivity index (χ1v) is 12.2. The summed E-state index contributed by atoms with van der Waals surface area (Å²) in [5, 5.41) is 1.04. The van der Waals surface area contributed by atoms with Crippen molar-refractivity contribution in [2.75, 3.05) is 14.2 Å². The van der Waals surface area contributed by atoms with Gasteiger partial charge in [-0.05, 0) is 0 Å². The summed E-state index contributed by atoms with van der Waals surface area (Å²) < 4.78 is 7.28. The summed E-state index contributed by atoms with van der Waals surface area (Å²) in [6.45, 7) is 4.61. The molecule has 0 spiro atoms. The van der Waals surface area contributed by atoms with E-state index in [0.717, 1.165) is 5.32 Å². The summed E-state index contributed by atoms with van der Waals surface area (Å²) in [5.41, 5.74) is 4.05. The van der Waals surface area contributed by atoms with Crippen LogP contribution in [-0.2, 0) is 4.74 Å². The van der Waals surface area contributed by atoms with Crippen molar-refractivity contribution < 1.29 is 4.74 Å². The molecule has 0 aliphatic rings. The summed E-state index contributed by atoms with van der Waals surface area (Å²) in [7, 11) is 4.05. The molecule has 3 heteroatoms. The first-order valence-electron chi connectivity index (χ1n) is 10.2. The predicted octanol–water partition coefficient (Wildman–Crippen LogP) is 5.58. The molecule has 0 N–H and O–H groups in total. The second kappa shape index (κ2) is 10.8. The summed E-state index contributed by atoms with van der Waals surface area (Å²) in [4.78, 5) is 2.47. The van der Waals surface area contributed by atoms with Crippen LogP contribution in [0.2, 0.25) is 5.32 Å². The van der Waals surface area contributed by atoms with Gasteiger partial charge in [0.1, 0.15) is 0 Å². The Bertz CT molecular complexity index is 868. The molecule has 0 saturated carbocycles. The van der Waals surface area contributed by atoms with Gasteiger partial charge in [-0.25, -0.2) is 0 Å². The average molecular weight is 453 g/mol. The third-order valence-electron chi connectivity index (χ3n) is 5.72. The average Bonchev–Trinajstić information content (AvgIpc) is 2.79. The van der Waals surface area contributed by atoms with Crippen LogP contribution in [0.4, 0.5) is 0 Å². The maximum absolute atomic E-state index is 5.81. The van der Waals surface area contributed by atoms with Crippen LogP contribution in [0.25, 0.3) is 0 Å². The van der Waals surface area contributed by atoms with Gasteiger partial charge in [0.2, 0.25) is 0 Å². The van der Waals surface area contributed by atoms with Crippen molar-refractivity contribution in [1.82, 2.24) is 4.90 Å². The SMILES string of the molecule is CO[C@H](C[Se]c1ccccc1[C@@H](C)N(C)[C@H](C)c1ccccc1)c1ccccc1. The minimum absolute atomic E-state index is 0.153. The summed E-state index contributed by atoms with van der Waals surface area (Å²) >= 11 is 0.345. The molecule has 29 heavy (non-hydrogen) atoms. The van der Waals surface area contributed by atoms with Gasteiger partial charge in [-0.15, -0.1) is 0 Å². The van der Waals surface area contributed by atoms with Crippen LogP contribution in [0.5, 0.6) is 0 Å². The predicted molar refractivity (Wildman–Crippen MR) is 124 cm³/mol. The molecule has 3 aromatic rings. The molecule has 0 amide bonds. The van der Waals surface area contributed by atoms with Crippen molar-refractivity contribution in [3.63, 3.8) is 0 Å². The fourth-order valence-corrected chi connectivity index (χ4v) is 6.21. The molecular weight excluding hydrogens is 421 g/mol. The van der Waals surface area contributed by atoms with E-state index in [1.165, 1.54) is 21.2 Å². The molecule has 0 saturated heterocycles. The number of benzene rings is 3. The molecule has 0 fully saturated rings. The van der Waals surface area contributed by atoms with Crippen molar-refractivity contribution in [3.05, 3.63) is 102 Å². The van der Waals surface area contributed by atoms with Crippen molar-refractivity contribution in [2.24, 2.45) is 0 Å². The van der Waals surface area contributed by atoms with E-state index in [-0.39, 0.29) is 6.10 Å². The molecule has 0 heterocycles. The molecular formula is C26H31NOSe. The molecule has 0 radical (unpaired) electrons. The Morgan fingerprint density at radius 3 is 1.93 bits per heavy atom. The molecule has 152 valence electrons. The zero-order chi connectivity index (χ0) is 20.6. The van der Waals surface area contributed by atoms with E-state index < -0.39 is 0 Å². The van der Waals surface area contributed by atoms with E-state index in [1.54, 1.807) is 0 Å². The van der Waals surface area contributed by atoms with Crippen molar-refractivity contribution in [3.8, 4) is 0 Å². The van der Waals surface area contributed by atoms with E-state index in [4.69, 9.17) is 4.74 Å². The molecule has 0 aliphatic carbocycles. The van der Waals surface area contributed by atoms with Gasteiger partial charge in [-0.1, -0.05) is 0 Å². The summed E-state index contributed by atoms with van der Waals surface area (Å²) in [6, 6.07) is 30.9. The van der Waals surface area contributed by atoms with Gasteiger partial charge in [0.05, 0.1) is 0 Å². The van der Waals surface area contributed by atoms with Crippen LogP contribution in [0.3, 0.4) is 0 Å². The number of hydrogen-bond acceptors (Lipinski definition) is 2. The number of nitrogens with zero attached hydrogens (tertiary/aromatic N) is 1. The van der Waals surface area contributed by atoms with Gasteiger partial charge in [0, 0.05) is 0 Å². The van der Waals surface area contributed by atoms with Gasteiger partial charge in [0.25, 0.3) is 0 Å². The summed E-state index contributed by atoms with van der Waals surface area (Å²) in [6.07, 6.45) is 0.153. The zero-order valence-electron chi connectivity index (χ0n) is 17.8. The fourth-order valence-electron chi connectivity index (χ4n) is 3.61. The molecule has 3 aromatic carbocycles. The van der Waals surface area contributed by atoms with Gasteiger partial charge in [0.15, 0.2) is 0 Å². The quantitative estimate of drug-likeness (QED) is 0.393. The molecule has 0 aromatic heterocycles. The van der Waals surface area contributed by atoms with E-state index in [2.05, 4.69) is 111 Å². The Balaban J connectivity index is 1.74. The fraction of sp³-hybridized carbons (Fsp3) is 0.308. The Labute approximate surface area is 182 Å². The van der Waals surface area contributed by atoms with Crippen LogP contribution >= 0.6 is 0 Å². The first-order chi connectivity index (χ1) is 14.1. The first kappa shape index (κ1) is 21.8. The van der Waals surface area contributed by atoms with Crippen LogP contribution in [0.15, 0.2) is 84.9 Å². The monoisotopic (exact) mass is 453 g/mol. The van der Waals surface area contributed by atoms with Crippen LogP contribution in [-0.4, -0.2) is 34.0 Å². The van der Waals surface area contributed by atoms with Crippen LogP contribution in [0, 0.1) is 0 Å². The van der Waals surface area contributed by atoms with E-state index in [0.29, 0.717) is 27.0 Å². The van der Waals surface area contributed by atoms with Crippen LogP contribution in [0.1, 0.15) is 48.7 Å². The molecule has 3 rings (SSSR count). The molecule has 3 atom stereocenters. The van der Waals surface area contributed by atoms with Crippen molar-refractivity contribution in [1.29, 1.82) is 0 Å². The third kappa shape index (κ3) is 5.58. The third-order valence-corrected chi connectivity index (χ3v) is 8.14. The Kier molecular flexibility index (Phi) is 8.08. The Morgan fingerprint density at radius 1 is 0.759 bits per heavy atom. The Morgan fingerprint density at radius 2 is 1.31 bits per heavy atom. The van der Waals surface area contributed by atoms with Crippen LogP contribution < -0.4 is 4.46 Å². The molecule has 2 nitrogen and oxygen atoms in total. The number of rotatable bonds is 9. The second-order valence-corrected chi connectivity index (χ2v) is 9.64. The minimum atomic E-state index is 0.153. The van der Waals surface area contributed by atoms with E-state index in [9.17, 15) is 0 Å². The topological polar surface area (TPSA) is 12.5 Å². The summed E-state index contributed by atoms with van der Waals surface area (Å²) in [5.74, 6) is 0. The van der Waals surface area contributed by atoms with E-state index >= 15 is 0 Å². The standard InChI is InChI=1S/C26H31NOSe/c1-20(22-13-7-5-8-14-22)27(3)21(2)24-17-11-12-18-26(24)29-19-25(28-4)23-15-9-6-10-16-23/h5-18,20-21,25H,19H2,1-4H3/t20-,21-,25-/m1/s1. The molecule has 0 bridgehead atoms. The van der Waals surface area contributed by atoms with E-state index in [1.807, 2.05) is 7.11 Å². The van der Waals surface area contributed by atoms with Gasteiger partial charge in [-0.2, -0.15) is 0 Å². The number of methoxy groups -OCH3 is 1. The normalized spacial score (nSPS) is 14.5. The number of ether oxygens (including phenoxy) is 1. The zero-order valence-corrected chi connectivity index (χ0v) is 19.5. The van der Waals surface area contributed by atoms with Gasteiger partial charge < -0.3 is 0 Å². The second-order valence-electron chi connectivity index (χ2n) is 7.41. The van der Waals surface area contributed by atoms with Crippen molar-refractivity contribution in [2.45, 2.75) is 37.4 Å². The maximum atomic E-state index is 5.81. The van der Waals surface area contributed by atoms with Crippen molar-refractivity contribution >= 4 is 19.4 Å². The molecule has 0 unspecified atom stereocenters. The molecule has 0 aliphatic heterocycles. The number of hydrogen-bond donors (Lipinski definition) is 0. The Hall–Kier alpha value is -1.90. The van der Waals surface area contributed by atoms with Gasteiger partial charge >= 0.3 is 182 Å².